The molecule has 10 rings (SSSR count). The lowest BCUT2D eigenvalue weighted by Crippen LogP contribution is -1.85. The first-order valence-corrected chi connectivity index (χ1v) is 17.3. The van der Waals surface area contributed by atoms with E-state index < -0.39 is 0 Å². The van der Waals surface area contributed by atoms with Gasteiger partial charge in [-0.25, -0.2) is 0 Å². The lowest BCUT2D eigenvalue weighted by Gasteiger charge is -2.12. The highest BCUT2D eigenvalue weighted by Gasteiger charge is 2.10. The molecule has 0 heteroatoms. The van der Waals surface area contributed by atoms with Crippen LogP contribution >= 0.6 is 0 Å². The van der Waals surface area contributed by atoms with Crippen LogP contribution in [0.4, 0.5) is 0 Å². The molecule has 0 amide bonds. The summed E-state index contributed by atoms with van der Waals surface area (Å²) in [5, 5.41) is 12.7. The molecule has 0 fully saturated rings. The van der Waals surface area contributed by atoms with Crippen LogP contribution in [0.3, 0.4) is 0 Å². The van der Waals surface area contributed by atoms with Gasteiger partial charge in [0.2, 0.25) is 0 Å². The van der Waals surface area contributed by atoms with E-state index in [1.54, 1.807) is 0 Å². The maximum Gasteiger partial charge on any atom is -0.0105 e. The van der Waals surface area contributed by atoms with E-state index in [0.717, 1.165) is 0 Å². The topological polar surface area (TPSA) is 0 Å². The summed E-state index contributed by atoms with van der Waals surface area (Å²) >= 11 is 0. The Bertz CT molecular complexity index is 2910. The van der Waals surface area contributed by atoms with E-state index in [-0.39, 0.29) is 0 Å². The monoisotopic (exact) mass is 632 g/mol. The van der Waals surface area contributed by atoms with Gasteiger partial charge < -0.3 is 0 Å². The fraction of sp³-hybridized carbons (Fsp3) is 0. The summed E-state index contributed by atoms with van der Waals surface area (Å²) in [6.07, 6.45) is 0. The van der Waals surface area contributed by atoms with Crippen molar-refractivity contribution in [3.05, 3.63) is 194 Å². The summed E-state index contributed by atoms with van der Waals surface area (Å²) < 4.78 is 0. The molecule has 0 nitrogen and oxygen atoms in total. The molecule has 0 aliphatic heterocycles. The summed E-state index contributed by atoms with van der Waals surface area (Å²) in [5.74, 6) is 0. The molecule has 232 valence electrons. The van der Waals surface area contributed by atoms with Crippen molar-refractivity contribution in [3.8, 4) is 44.5 Å². The minimum Gasteiger partial charge on any atom is -0.0622 e. The van der Waals surface area contributed by atoms with Gasteiger partial charge >= 0.3 is 0 Å². The number of hydrogen-bond donors (Lipinski definition) is 0. The van der Waals surface area contributed by atoms with Crippen molar-refractivity contribution >= 4 is 53.9 Å². The van der Waals surface area contributed by atoms with Crippen molar-refractivity contribution in [1.82, 2.24) is 0 Å². The van der Waals surface area contributed by atoms with Crippen molar-refractivity contribution in [2.45, 2.75) is 0 Å². The predicted octanol–water partition coefficient (Wildman–Crippen LogP) is 14.1. The Hall–Kier alpha value is -6.50. The van der Waals surface area contributed by atoms with Crippen LogP contribution in [0.25, 0.3) is 98.4 Å². The molecule has 0 aromatic heterocycles. The van der Waals surface area contributed by atoms with E-state index in [0.29, 0.717) is 0 Å². The normalized spacial score (nSPS) is 11.6. The Morgan fingerprint density at radius 1 is 0.180 bits per heavy atom. The highest BCUT2D eigenvalue weighted by molar-refractivity contribution is 6.11. The van der Waals surface area contributed by atoms with Gasteiger partial charge in [-0.15, -0.1) is 0 Å². The lowest BCUT2D eigenvalue weighted by molar-refractivity contribution is 1.62. The fourth-order valence-electron chi connectivity index (χ4n) is 7.83. The second kappa shape index (κ2) is 11.6. The average Bonchev–Trinajstić information content (AvgIpc) is 3.20. The molecule has 0 unspecified atom stereocenters. The first-order chi connectivity index (χ1) is 24.7. The quantitative estimate of drug-likeness (QED) is 0.169. The van der Waals surface area contributed by atoms with Gasteiger partial charge in [0.1, 0.15) is 0 Å². The Kier molecular flexibility index (Phi) is 6.60. The second-order valence-corrected chi connectivity index (χ2v) is 13.3. The molecule has 0 spiro atoms. The summed E-state index contributed by atoms with van der Waals surface area (Å²) in [6, 6.07) is 71.3. The van der Waals surface area contributed by atoms with Crippen LogP contribution in [0.5, 0.6) is 0 Å². The fourth-order valence-corrected chi connectivity index (χ4v) is 7.83. The molecular weight excluding hydrogens is 601 g/mol. The molecule has 0 atom stereocenters. The van der Waals surface area contributed by atoms with Crippen LogP contribution in [0.15, 0.2) is 194 Å². The molecule has 0 radical (unpaired) electrons. The molecule has 50 heavy (non-hydrogen) atoms. The molecular formula is C50H32. The van der Waals surface area contributed by atoms with Crippen LogP contribution in [0.2, 0.25) is 0 Å². The zero-order valence-corrected chi connectivity index (χ0v) is 27.5. The molecule has 0 N–H and O–H groups in total. The number of rotatable bonds is 4. The van der Waals surface area contributed by atoms with E-state index in [4.69, 9.17) is 0 Å². The maximum atomic E-state index is 2.34. The molecule has 0 aliphatic carbocycles. The lowest BCUT2D eigenvalue weighted by atomic mass is 9.92. The van der Waals surface area contributed by atoms with Crippen LogP contribution in [-0.4, -0.2) is 0 Å². The Morgan fingerprint density at radius 3 is 1.14 bits per heavy atom. The van der Waals surface area contributed by atoms with Gasteiger partial charge in [0, 0.05) is 0 Å². The van der Waals surface area contributed by atoms with Gasteiger partial charge in [-0.05, 0) is 129 Å². The highest BCUT2D eigenvalue weighted by atomic mass is 14.1. The van der Waals surface area contributed by atoms with E-state index in [9.17, 15) is 0 Å². The zero-order chi connectivity index (χ0) is 33.0. The van der Waals surface area contributed by atoms with Crippen molar-refractivity contribution in [1.29, 1.82) is 0 Å². The van der Waals surface area contributed by atoms with Crippen molar-refractivity contribution < 1.29 is 0 Å². The van der Waals surface area contributed by atoms with Crippen molar-refractivity contribution in [2.75, 3.05) is 0 Å². The van der Waals surface area contributed by atoms with Crippen LogP contribution < -0.4 is 0 Å². The summed E-state index contributed by atoms with van der Waals surface area (Å²) in [5.41, 5.74) is 9.94. The highest BCUT2D eigenvalue weighted by Crippen LogP contribution is 2.37. The number of hydrogen-bond acceptors (Lipinski definition) is 0. The minimum atomic E-state index is 1.23. The minimum absolute atomic E-state index is 1.23. The third kappa shape index (κ3) is 4.85. The van der Waals surface area contributed by atoms with Gasteiger partial charge in [0.25, 0.3) is 0 Å². The smallest absolute Gasteiger partial charge is 0.0105 e. The molecule has 10 aromatic carbocycles. The number of benzene rings is 10. The van der Waals surface area contributed by atoms with E-state index in [2.05, 4.69) is 194 Å². The average molecular weight is 633 g/mol. The zero-order valence-electron chi connectivity index (χ0n) is 27.5. The number of fused-ring (bicyclic) bond motifs is 7. The predicted molar refractivity (Wildman–Crippen MR) is 216 cm³/mol. The van der Waals surface area contributed by atoms with Crippen LogP contribution in [-0.2, 0) is 0 Å². The Morgan fingerprint density at radius 2 is 0.580 bits per heavy atom. The third-order valence-electron chi connectivity index (χ3n) is 10.4. The molecule has 0 heterocycles. The molecule has 0 saturated heterocycles. The largest absolute Gasteiger partial charge is 0.0622 e. The van der Waals surface area contributed by atoms with Crippen molar-refractivity contribution in [3.63, 3.8) is 0 Å². The van der Waals surface area contributed by atoms with Crippen LogP contribution in [0.1, 0.15) is 0 Å². The van der Waals surface area contributed by atoms with Gasteiger partial charge in [-0.3, -0.25) is 0 Å². The Labute approximate surface area is 291 Å². The van der Waals surface area contributed by atoms with Gasteiger partial charge in [-0.2, -0.15) is 0 Å². The van der Waals surface area contributed by atoms with Crippen LogP contribution in [0, 0.1) is 0 Å². The van der Waals surface area contributed by atoms with E-state index in [1.165, 1.54) is 98.4 Å². The third-order valence-corrected chi connectivity index (χ3v) is 10.4. The Balaban J connectivity index is 0.982. The SMILES string of the molecule is c1ccc(-c2ccc3c(ccc4cc(-c5ccc6c(ccc7cc(-c8cccc(-c9cccc%10ccccc9%10)c8)ccc76)c5)ccc43)c2)cc1. The van der Waals surface area contributed by atoms with Gasteiger partial charge in [0.05, 0.1) is 0 Å². The first-order valence-electron chi connectivity index (χ1n) is 17.3. The first kappa shape index (κ1) is 28.5. The van der Waals surface area contributed by atoms with E-state index >= 15 is 0 Å². The summed E-state index contributed by atoms with van der Waals surface area (Å²) in [6.45, 7) is 0. The summed E-state index contributed by atoms with van der Waals surface area (Å²) in [4.78, 5) is 0. The molecule has 0 aliphatic rings. The van der Waals surface area contributed by atoms with Crippen molar-refractivity contribution in [2.24, 2.45) is 0 Å². The summed E-state index contributed by atoms with van der Waals surface area (Å²) in [7, 11) is 0. The maximum absolute atomic E-state index is 2.34. The molecule has 0 bridgehead atoms. The van der Waals surface area contributed by atoms with Gasteiger partial charge in [0.15, 0.2) is 0 Å². The second-order valence-electron chi connectivity index (χ2n) is 13.3. The standard InChI is InChI=1S/C50H32/c1-2-8-33(9-3-1)36-20-24-47-41(29-36)16-17-43-31-38(22-26-49(43)47)39-23-27-50-44(32-39)19-18-42-30-37(21-25-48(42)50)35-12-6-13-40(28-35)46-15-7-11-34-10-4-5-14-45(34)46/h1-32H. The van der Waals surface area contributed by atoms with E-state index in [1.807, 2.05) is 0 Å². The molecule has 10 aromatic rings. The molecule has 0 saturated carbocycles. The van der Waals surface area contributed by atoms with Gasteiger partial charge in [-0.1, -0.05) is 164 Å².